The molecule has 0 saturated heterocycles. The van der Waals surface area contributed by atoms with E-state index in [1.807, 2.05) is 60.7 Å². The zero-order valence-electron chi connectivity index (χ0n) is 88.1. The molecule has 0 heterocycles. The zero-order chi connectivity index (χ0) is 103. The van der Waals surface area contributed by atoms with Gasteiger partial charge in [-0.3, -0.25) is 0 Å². The molecule has 0 aromatic heterocycles. The van der Waals surface area contributed by atoms with E-state index < -0.39 is 0 Å². The molecule has 10 bridgehead atoms. The lowest BCUT2D eigenvalue weighted by molar-refractivity contribution is 0.0175. The van der Waals surface area contributed by atoms with Gasteiger partial charge in [-0.25, -0.2) is 0 Å². The molecular formula is C105H170O40. The van der Waals surface area contributed by atoms with Gasteiger partial charge in [-0.2, -0.15) is 0 Å². The van der Waals surface area contributed by atoms with Gasteiger partial charge >= 0.3 is 0 Å². The predicted molar refractivity (Wildman–Crippen MR) is 536 cm³/mol. The molecule has 830 valence electrons. The molecule has 5 aromatic rings. The highest BCUT2D eigenvalue weighted by atomic mass is 16.6. The second-order valence-electron chi connectivity index (χ2n) is 31.9. The maximum absolute atomic E-state index is 7.09. The van der Waals surface area contributed by atoms with Crippen LogP contribution in [0.15, 0.2) is 60.7 Å². The molecule has 0 radical (unpaired) electrons. The molecule has 0 fully saturated rings. The standard InChI is InChI=1S/C105H170O40/c1-106-11-21-116-31-41-126-51-61-136-96-76-87-72-89-79-101(141-66-56-131-46-36-121-26-16-111-6)91(81-100(89)140-65-55-130-45-35-120-25-15-110-5)74-93-83-105(145-70-60-135-50-40-125-30-20-115-10)95(85-104(93)144-69-59-134-49-39-124-29-19-114-9)75-94-84-102(142-67-57-132-47-37-122-27-17-112-7)92(82-103(94)143-68-58-133-48-38-123-28-18-113-8)73-90-80-98(138-63-53-128-43-33-118-23-13-108-3)88(78-99(90)139-64-54-129-44-34-119-24-14-109-4)71-86(96)77-97(87)137-62-52-127-42-32-117-22-12-107-2/h76-85H,11-75H2,1-10H3. The Hall–Kier alpha value is -7.10. The monoisotopic (exact) mass is 2070 g/mol. The van der Waals surface area contributed by atoms with Crippen LogP contribution >= 0.6 is 0 Å². The van der Waals surface area contributed by atoms with Crippen molar-refractivity contribution in [1.29, 1.82) is 0 Å². The molecule has 5 aromatic carbocycles. The molecule has 0 atom stereocenters. The molecule has 0 saturated carbocycles. The SMILES string of the molecule is COCCOCCOCCOc1cc2c(OCCOCCOCCOC)cc1Cc1cc(OCCOCCOCCOC)c(cc1OCCOCCOCCOC)Cc1cc(OCCOCCOCCOC)c(cc1OCCOCCOCCOC)Cc1cc(OCCOCCOCCOC)c(cc1OCCOCCOCCOC)Cc1cc(OCCOCCOCCOC)c(cc1OCCOCCOCCOC)C2. The molecule has 40 nitrogen and oxygen atoms in total. The van der Waals surface area contributed by atoms with Crippen molar-refractivity contribution in [1.82, 2.24) is 0 Å². The molecule has 10 aliphatic carbocycles. The largest absolute Gasteiger partial charge is 0.491 e. The first kappa shape index (κ1) is 127. The molecule has 0 spiro atoms. The molecule has 10 aliphatic rings. The summed E-state index contributed by atoms with van der Waals surface area (Å²) in [6, 6.07) is 20.1. The van der Waals surface area contributed by atoms with E-state index in [1.54, 1.807) is 71.1 Å². The van der Waals surface area contributed by atoms with Gasteiger partial charge in [0.15, 0.2) is 0 Å². The molecule has 0 aliphatic heterocycles. The lowest BCUT2D eigenvalue weighted by atomic mass is 9.94. The number of methoxy groups -OCH3 is 10. The van der Waals surface area contributed by atoms with Crippen molar-refractivity contribution < 1.29 is 189 Å². The summed E-state index contributed by atoms with van der Waals surface area (Å²) in [5, 5.41) is 0. The highest BCUT2D eigenvalue weighted by molar-refractivity contribution is 5.60. The highest BCUT2D eigenvalue weighted by Gasteiger charge is 2.27. The Balaban J connectivity index is 1.79. The summed E-state index contributed by atoms with van der Waals surface area (Å²) in [5.74, 6) is 4.99. The normalized spacial score (nSPS) is 12.1. The molecule has 15 rings (SSSR count). The second kappa shape index (κ2) is 89.7. The van der Waals surface area contributed by atoms with E-state index in [4.69, 9.17) is 189 Å². The van der Waals surface area contributed by atoms with Crippen LogP contribution in [0.1, 0.15) is 55.6 Å². The molecule has 145 heavy (non-hydrogen) atoms. The van der Waals surface area contributed by atoms with Gasteiger partial charge in [-0.1, -0.05) is 0 Å². The van der Waals surface area contributed by atoms with E-state index in [0.29, 0.717) is 377 Å². The van der Waals surface area contributed by atoms with Gasteiger partial charge in [0.25, 0.3) is 0 Å². The summed E-state index contributed by atoms with van der Waals surface area (Å²) in [5.41, 5.74) is 7.03. The summed E-state index contributed by atoms with van der Waals surface area (Å²) in [6.45, 7) is 17.9. The Morgan fingerprint density at radius 2 is 0.172 bits per heavy atom. The van der Waals surface area contributed by atoms with Gasteiger partial charge in [0.1, 0.15) is 124 Å². The Bertz CT molecular complexity index is 3090. The van der Waals surface area contributed by atoms with E-state index in [1.165, 1.54) is 0 Å². The van der Waals surface area contributed by atoms with Crippen LogP contribution in [0.4, 0.5) is 0 Å². The van der Waals surface area contributed by atoms with Crippen molar-refractivity contribution in [2.45, 2.75) is 32.1 Å². The lowest BCUT2D eigenvalue weighted by Crippen LogP contribution is -2.15. The van der Waals surface area contributed by atoms with Gasteiger partial charge in [-0.15, -0.1) is 0 Å². The number of ether oxygens (including phenoxy) is 40. The predicted octanol–water partition coefficient (Wildman–Crippen LogP) is 8.54. The van der Waals surface area contributed by atoms with Crippen LogP contribution in [0, 0.1) is 0 Å². The topological polar surface area (TPSA) is 369 Å². The maximum Gasteiger partial charge on any atom is 0.123 e. The van der Waals surface area contributed by atoms with Crippen LogP contribution in [-0.4, -0.2) is 468 Å². The summed E-state index contributed by atoms with van der Waals surface area (Å²) in [6.07, 6.45) is 0.885. The van der Waals surface area contributed by atoms with Gasteiger partial charge < -0.3 is 189 Å². The van der Waals surface area contributed by atoms with Gasteiger partial charge in [0, 0.05) is 159 Å². The number of hydrogen-bond donors (Lipinski definition) is 0. The van der Waals surface area contributed by atoms with Crippen molar-refractivity contribution in [3.05, 3.63) is 116 Å². The van der Waals surface area contributed by atoms with Crippen LogP contribution < -0.4 is 47.4 Å². The lowest BCUT2D eigenvalue weighted by Gasteiger charge is -2.22. The van der Waals surface area contributed by atoms with Crippen LogP contribution in [0.3, 0.4) is 0 Å². The Morgan fingerprint density at radius 1 is 0.103 bits per heavy atom. The zero-order valence-corrected chi connectivity index (χ0v) is 88.1. The van der Waals surface area contributed by atoms with Gasteiger partial charge in [0.05, 0.1) is 330 Å². The minimum Gasteiger partial charge on any atom is -0.491 e. The number of hydrogen-bond acceptors (Lipinski definition) is 40. The highest BCUT2D eigenvalue weighted by Crippen LogP contribution is 2.44. The third-order valence-electron chi connectivity index (χ3n) is 21.0. The fourth-order valence-electron chi connectivity index (χ4n) is 13.7. The van der Waals surface area contributed by atoms with Crippen molar-refractivity contribution in [2.75, 3.05) is 468 Å². The Kier molecular flexibility index (Phi) is 78.3. The fraction of sp³-hybridized carbons (Fsp3) is 0.714. The number of benzene rings is 5. The average Bonchev–Trinajstić information content (AvgIpc) is 1.78. The van der Waals surface area contributed by atoms with E-state index >= 15 is 0 Å². The molecule has 0 N–H and O–H groups in total. The minimum atomic E-state index is 0.114. The molecule has 0 unspecified atom stereocenters. The van der Waals surface area contributed by atoms with Crippen LogP contribution in [-0.2, 0) is 174 Å². The molecular weight excluding hydrogens is 1900 g/mol. The quantitative estimate of drug-likeness (QED) is 0.0323. The van der Waals surface area contributed by atoms with E-state index in [2.05, 4.69) is 0 Å². The third-order valence-corrected chi connectivity index (χ3v) is 21.0. The minimum absolute atomic E-state index is 0.114. The van der Waals surface area contributed by atoms with Crippen LogP contribution in [0.5, 0.6) is 57.5 Å². The van der Waals surface area contributed by atoms with E-state index in [-0.39, 0.29) is 164 Å². The first-order valence-electron chi connectivity index (χ1n) is 50.3. The second-order valence-corrected chi connectivity index (χ2v) is 31.9. The van der Waals surface area contributed by atoms with Crippen molar-refractivity contribution in [3.63, 3.8) is 0 Å². The Morgan fingerprint density at radius 3 is 0.248 bits per heavy atom. The Labute approximate surface area is 859 Å². The van der Waals surface area contributed by atoms with Crippen LogP contribution in [0.2, 0.25) is 0 Å². The van der Waals surface area contributed by atoms with Crippen molar-refractivity contribution in [2.24, 2.45) is 0 Å². The summed E-state index contributed by atoms with van der Waals surface area (Å²) < 4.78 is 244. The first-order valence-corrected chi connectivity index (χ1v) is 50.3. The maximum atomic E-state index is 7.09. The molecule has 40 heteroatoms. The van der Waals surface area contributed by atoms with Crippen molar-refractivity contribution in [3.8, 4) is 57.5 Å². The third kappa shape index (κ3) is 60.5. The molecule has 0 amide bonds. The van der Waals surface area contributed by atoms with Crippen LogP contribution in [0.25, 0.3) is 0 Å². The van der Waals surface area contributed by atoms with Gasteiger partial charge in [0.2, 0.25) is 0 Å². The fourth-order valence-corrected chi connectivity index (χ4v) is 13.7. The van der Waals surface area contributed by atoms with Crippen molar-refractivity contribution >= 4 is 0 Å². The van der Waals surface area contributed by atoms with E-state index in [0.717, 1.165) is 0 Å². The number of rotatable bonds is 100. The van der Waals surface area contributed by atoms with Gasteiger partial charge in [-0.05, 0) is 60.7 Å². The summed E-state index contributed by atoms with van der Waals surface area (Å²) >= 11 is 0. The first-order chi connectivity index (χ1) is 71.7. The summed E-state index contributed by atoms with van der Waals surface area (Å²) in [4.78, 5) is 0. The van der Waals surface area contributed by atoms with E-state index in [9.17, 15) is 0 Å². The summed E-state index contributed by atoms with van der Waals surface area (Å²) in [7, 11) is 16.3. The smallest absolute Gasteiger partial charge is 0.123 e. The average molecular weight is 2070 g/mol.